The number of aliphatic hydroxyl groups is 1. The van der Waals surface area contributed by atoms with E-state index < -0.39 is 0 Å². The van der Waals surface area contributed by atoms with Gasteiger partial charge in [-0.3, -0.25) is 0 Å². The zero-order valence-electron chi connectivity index (χ0n) is 9.11. The largest absolute Gasteiger partial charge is 0.394 e. The number of aliphatic hydroxyl groups excluding tert-OH is 1. The van der Waals surface area contributed by atoms with Crippen molar-refractivity contribution in [2.24, 2.45) is 0 Å². The van der Waals surface area contributed by atoms with Crippen molar-refractivity contribution in [3.63, 3.8) is 0 Å². The SMILES string of the molecule is OC[C@@H]1CCc2ccc3ccccc3c2N1. The molecule has 1 atom stereocenters. The fourth-order valence-corrected chi connectivity index (χ4v) is 2.44. The highest BCUT2D eigenvalue weighted by Crippen LogP contribution is 2.32. The Balaban J connectivity index is 2.17. The lowest BCUT2D eigenvalue weighted by Gasteiger charge is -2.26. The highest BCUT2D eigenvalue weighted by Gasteiger charge is 2.18. The van der Waals surface area contributed by atoms with Crippen LogP contribution in [0.1, 0.15) is 12.0 Å². The second-order valence-electron chi connectivity index (χ2n) is 4.38. The Morgan fingerprint density at radius 1 is 1.19 bits per heavy atom. The van der Waals surface area contributed by atoms with Crippen molar-refractivity contribution in [1.29, 1.82) is 0 Å². The van der Waals surface area contributed by atoms with Gasteiger partial charge in [-0.1, -0.05) is 36.4 Å². The molecule has 0 amide bonds. The van der Waals surface area contributed by atoms with Crippen molar-refractivity contribution in [3.05, 3.63) is 42.0 Å². The Bertz CT molecular complexity index is 521. The minimum Gasteiger partial charge on any atom is -0.394 e. The molecule has 2 N–H and O–H groups in total. The van der Waals surface area contributed by atoms with Gasteiger partial charge in [0.2, 0.25) is 0 Å². The van der Waals surface area contributed by atoms with E-state index in [2.05, 4.69) is 41.7 Å². The lowest BCUT2D eigenvalue weighted by molar-refractivity contribution is 0.267. The van der Waals surface area contributed by atoms with Crippen LogP contribution in [0.3, 0.4) is 0 Å². The molecular weight excluding hydrogens is 198 g/mol. The molecule has 2 aromatic rings. The first-order valence-electron chi connectivity index (χ1n) is 5.76. The highest BCUT2D eigenvalue weighted by molar-refractivity contribution is 5.96. The fourth-order valence-electron chi connectivity index (χ4n) is 2.44. The second-order valence-corrected chi connectivity index (χ2v) is 4.38. The molecule has 0 radical (unpaired) electrons. The summed E-state index contributed by atoms with van der Waals surface area (Å²) in [7, 11) is 0. The van der Waals surface area contributed by atoms with Crippen molar-refractivity contribution >= 4 is 16.5 Å². The standard InChI is InChI=1S/C14H15NO/c16-9-12-8-7-11-6-5-10-3-1-2-4-13(10)14(11)15-12/h1-6,12,15-16H,7-9H2/t12-/m0/s1. The van der Waals surface area contributed by atoms with Crippen LogP contribution in [-0.4, -0.2) is 17.8 Å². The van der Waals surface area contributed by atoms with Crippen LogP contribution in [0.25, 0.3) is 10.8 Å². The van der Waals surface area contributed by atoms with Crippen molar-refractivity contribution in [1.82, 2.24) is 0 Å². The quantitative estimate of drug-likeness (QED) is 0.763. The molecule has 0 unspecified atom stereocenters. The molecule has 0 aromatic heterocycles. The van der Waals surface area contributed by atoms with E-state index in [1.165, 1.54) is 22.0 Å². The molecule has 0 spiro atoms. The summed E-state index contributed by atoms with van der Waals surface area (Å²) < 4.78 is 0. The Morgan fingerprint density at radius 2 is 2.06 bits per heavy atom. The van der Waals surface area contributed by atoms with Gasteiger partial charge in [-0.05, 0) is 23.8 Å². The van der Waals surface area contributed by atoms with E-state index in [0.717, 1.165) is 12.8 Å². The van der Waals surface area contributed by atoms with E-state index in [0.29, 0.717) is 0 Å². The maximum Gasteiger partial charge on any atom is 0.0632 e. The normalized spacial score (nSPS) is 19.2. The number of hydrogen-bond acceptors (Lipinski definition) is 2. The van der Waals surface area contributed by atoms with Gasteiger partial charge in [0.25, 0.3) is 0 Å². The third-order valence-electron chi connectivity index (χ3n) is 3.35. The van der Waals surface area contributed by atoms with Gasteiger partial charge in [-0.25, -0.2) is 0 Å². The Hall–Kier alpha value is -1.54. The summed E-state index contributed by atoms with van der Waals surface area (Å²) in [5.41, 5.74) is 2.58. The molecule has 0 aliphatic carbocycles. The van der Waals surface area contributed by atoms with E-state index in [9.17, 15) is 5.11 Å². The smallest absolute Gasteiger partial charge is 0.0632 e. The van der Waals surface area contributed by atoms with Crippen LogP contribution in [-0.2, 0) is 6.42 Å². The number of fused-ring (bicyclic) bond motifs is 3. The fraction of sp³-hybridized carbons (Fsp3) is 0.286. The third-order valence-corrected chi connectivity index (χ3v) is 3.35. The summed E-state index contributed by atoms with van der Waals surface area (Å²) in [6.45, 7) is 0.211. The van der Waals surface area contributed by atoms with Crippen molar-refractivity contribution < 1.29 is 5.11 Å². The first-order valence-corrected chi connectivity index (χ1v) is 5.76. The van der Waals surface area contributed by atoms with Crippen LogP contribution in [0.4, 0.5) is 5.69 Å². The zero-order chi connectivity index (χ0) is 11.0. The maximum absolute atomic E-state index is 9.23. The van der Waals surface area contributed by atoms with E-state index >= 15 is 0 Å². The van der Waals surface area contributed by atoms with Crippen molar-refractivity contribution in [2.45, 2.75) is 18.9 Å². The predicted octanol–water partition coefficient (Wildman–Crippen LogP) is 2.56. The Kier molecular flexibility index (Phi) is 2.29. The number of hydrogen-bond donors (Lipinski definition) is 2. The van der Waals surface area contributed by atoms with Crippen LogP contribution in [0.5, 0.6) is 0 Å². The van der Waals surface area contributed by atoms with E-state index in [1.807, 2.05) is 0 Å². The molecule has 1 heterocycles. The van der Waals surface area contributed by atoms with Gasteiger partial charge >= 0.3 is 0 Å². The lowest BCUT2D eigenvalue weighted by atomic mass is 9.94. The summed E-state index contributed by atoms with van der Waals surface area (Å²) in [5.74, 6) is 0. The van der Waals surface area contributed by atoms with Gasteiger partial charge < -0.3 is 10.4 Å². The lowest BCUT2D eigenvalue weighted by Crippen LogP contribution is -2.28. The summed E-state index contributed by atoms with van der Waals surface area (Å²) >= 11 is 0. The van der Waals surface area contributed by atoms with Gasteiger partial charge in [0.05, 0.1) is 6.61 Å². The number of anilines is 1. The monoisotopic (exact) mass is 213 g/mol. The van der Waals surface area contributed by atoms with E-state index in [4.69, 9.17) is 0 Å². The highest BCUT2D eigenvalue weighted by atomic mass is 16.3. The molecule has 2 aromatic carbocycles. The van der Waals surface area contributed by atoms with Gasteiger partial charge in [0.1, 0.15) is 0 Å². The number of nitrogens with one attached hydrogen (secondary N) is 1. The van der Waals surface area contributed by atoms with Gasteiger partial charge in [0.15, 0.2) is 0 Å². The number of rotatable bonds is 1. The molecule has 16 heavy (non-hydrogen) atoms. The molecule has 3 rings (SSSR count). The molecule has 2 nitrogen and oxygen atoms in total. The van der Waals surface area contributed by atoms with Crippen LogP contribution in [0.2, 0.25) is 0 Å². The average molecular weight is 213 g/mol. The van der Waals surface area contributed by atoms with E-state index in [1.54, 1.807) is 0 Å². The van der Waals surface area contributed by atoms with Crippen molar-refractivity contribution in [3.8, 4) is 0 Å². The Morgan fingerprint density at radius 3 is 2.94 bits per heavy atom. The first kappa shape index (κ1) is 9.67. The maximum atomic E-state index is 9.23. The minimum atomic E-state index is 0.207. The predicted molar refractivity (Wildman–Crippen MR) is 66.8 cm³/mol. The molecule has 0 fully saturated rings. The summed E-state index contributed by atoms with van der Waals surface area (Å²) in [5, 5.41) is 15.2. The molecule has 0 saturated heterocycles. The van der Waals surface area contributed by atoms with Crippen LogP contribution >= 0.6 is 0 Å². The second kappa shape index (κ2) is 3.80. The number of aryl methyl sites for hydroxylation is 1. The van der Waals surface area contributed by atoms with Gasteiger partial charge in [0, 0.05) is 17.1 Å². The summed E-state index contributed by atoms with van der Waals surface area (Å²) in [6.07, 6.45) is 2.07. The number of benzene rings is 2. The van der Waals surface area contributed by atoms with Gasteiger partial charge in [-0.2, -0.15) is 0 Å². The first-order chi connectivity index (χ1) is 7.88. The van der Waals surface area contributed by atoms with Crippen LogP contribution in [0, 0.1) is 0 Å². The average Bonchev–Trinajstić information content (AvgIpc) is 2.38. The van der Waals surface area contributed by atoms with Crippen LogP contribution in [0.15, 0.2) is 36.4 Å². The Labute approximate surface area is 94.9 Å². The minimum absolute atomic E-state index is 0.207. The summed E-state index contributed by atoms with van der Waals surface area (Å²) in [4.78, 5) is 0. The molecule has 82 valence electrons. The molecule has 1 aliphatic heterocycles. The third kappa shape index (κ3) is 1.46. The molecule has 1 aliphatic rings. The molecule has 0 bridgehead atoms. The summed E-state index contributed by atoms with van der Waals surface area (Å²) in [6, 6.07) is 13.0. The van der Waals surface area contributed by atoms with E-state index in [-0.39, 0.29) is 12.6 Å². The molecular formula is C14H15NO. The van der Waals surface area contributed by atoms with Crippen LogP contribution < -0.4 is 5.32 Å². The topological polar surface area (TPSA) is 32.3 Å². The van der Waals surface area contributed by atoms with Gasteiger partial charge in [-0.15, -0.1) is 0 Å². The molecule has 0 saturated carbocycles. The van der Waals surface area contributed by atoms with Crippen molar-refractivity contribution in [2.75, 3.05) is 11.9 Å². The molecule has 2 heteroatoms. The zero-order valence-corrected chi connectivity index (χ0v) is 9.11.